The molecule has 0 fully saturated rings. The first kappa shape index (κ1) is 14.2. The van der Waals surface area contributed by atoms with Gasteiger partial charge in [-0.3, -0.25) is 0 Å². The summed E-state index contributed by atoms with van der Waals surface area (Å²) >= 11 is 0. The molecule has 2 nitrogen and oxygen atoms in total. The summed E-state index contributed by atoms with van der Waals surface area (Å²) in [5, 5.41) is 0. The first-order valence-corrected chi connectivity index (χ1v) is 7.52. The Balaban J connectivity index is 1.78. The van der Waals surface area contributed by atoms with E-state index in [0.29, 0.717) is 11.5 Å². The van der Waals surface area contributed by atoms with E-state index in [9.17, 15) is 4.39 Å². The third-order valence-electron chi connectivity index (χ3n) is 3.62. The zero-order valence-corrected chi connectivity index (χ0v) is 12.7. The SMILES string of the molecule is Fc1cccc(C#Cc2ccccc2-c2nc3ccccc3o2)c1. The lowest BCUT2D eigenvalue weighted by atomic mass is 10.1. The molecule has 0 aliphatic rings. The van der Waals surface area contributed by atoms with Gasteiger partial charge in [0.15, 0.2) is 5.58 Å². The van der Waals surface area contributed by atoms with Crippen LogP contribution in [0.4, 0.5) is 4.39 Å². The molecule has 0 radical (unpaired) electrons. The minimum Gasteiger partial charge on any atom is -0.436 e. The summed E-state index contributed by atoms with van der Waals surface area (Å²) in [5.74, 6) is 6.30. The molecule has 24 heavy (non-hydrogen) atoms. The van der Waals surface area contributed by atoms with E-state index in [2.05, 4.69) is 16.8 Å². The highest BCUT2D eigenvalue weighted by molar-refractivity contribution is 5.77. The lowest BCUT2D eigenvalue weighted by Gasteiger charge is -1.99. The molecular weight excluding hydrogens is 301 g/mol. The van der Waals surface area contributed by atoms with E-state index in [1.54, 1.807) is 12.1 Å². The van der Waals surface area contributed by atoms with Crippen LogP contribution in [-0.2, 0) is 0 Å². The van der Waals surface area contributed by atoms with Gasteiger partial charge in [0.25, 0.3) is 0 Å². The van der Waals surface area contributed by atoms with Crippen LogP contribution in [-0.4, -0.2) is 4.98 Å². The smallest absolute Gasteiger partial charge is 0.228 e. The second kappa shape index (κ2) is 6.02. The maximum absolute atomic E-state index is 13.3. The first-order chi connectivity index (χ1) is 11.8. The maximum Gasteiger partial charge on any atom is 0.228 e. The topological polar surface area (TPSA) is 26.0 Å². The van der Waals surface area contributed by atoms with Gasteiger partial charge >= 0.3 is 0 Å². The number of hydrogen-bond acceptors (Lipinski definition) is 2. The van der Waals surface area contributed by atoms with Crippen LogP contribution in [0.2, 0.25) is 0 Å². The number of rotatable bonds is 1. The number of aromatic nitrogens is 1. The number of nitrogens with zero attached hydrogens (tertiary/aromatic N) is 1. The maximum atomic E-state index is 13.3. The Morgan fingerprint density at radius 2 is 1.67 bits per heavy atom. The molecule has 1 heterocycles. The van der Waals surface area contributed by atoms with Crippen molar-refractivity contribution >= 4 is 11.1 Å². The molecule has 0 atom stereocenters. The van der Waals surface area contributed by atoms with Crippen molar-refractivity contribution in [3.8, 4) is 23.3 Å². The highest BCUT2D eigenvalue weighted by Gasteiger charge is 2.10. The van der Waals surface area contributed by atoms with E-state index in [-0.39, 0.29) is 5.82 Å². The minimum absolute atomic E-state index is 0.297. The van der Waals surface area contributed by atoms with Gasteiger partial charge in [-0.05, 0) is 42.5 Å². The molecule has 0 saturated carbocycles. The van der Waals surface area contributed by atoms with Crippen LogP contribution in [0.15, 0.2) is 77.2 Å². The fourth-order valence-corrected chi connectivity index (χ4v) is 2.47. The molecule has 3 aromatic carbocycles. The molecule has 3 heteroatoms. The summed E-state index contributed by atoms with van der Waals surface area (Å²) in [5.41, 5.74) is 3.77. The molecule has 4 aromatic rings. The Morgan fingerprint density at radius 1 is 0.833 bits per heavy atom. The highest BCUT2D eigenvalue weighted by Crippen LogP contribution is 2.26. The standard InChI is InChI=1S/C21H12FNO/c22-17-8-5-6-15(14-17)12-13-16-7-1-2-9-18(16)21-23-19-10-3-4-11-20(19)24-21/h1-11,14H. The van der Waals surface area contributed by atoms with Crippen LogP contribution in [0.3, 0.4) is 0 Å². The molecule has 1 aromatic heterocycles. The Labute approximate surface area is 138 Å². The Bertz CT molecular complexity index is 1050. The Morgan fingerprint density at radius 3 is 2.54 bits per heavy atom. The summed E-state index contributed by atoms with van der Waals surface area (Å²) in [6, 6.07) is 21.5. The average Bonchev–Trinajstić information content (AvgIpc) is 3.04. The van der Waals surface area contributed by atoms with Crippen molar-refractivity contribution in [3.63, 3.8) is 0 Å². The summed E-state index contributed by atoms with van der Waals surface area (Å²) in [6.07, 6.45) is 0. The molecule has 0 spiro atoms. The van der Waals surface area contributed by atoms with E-state index in [4.69, 9.17) is 4.42 Å². The third-order valence-corrected chi connectivity index (χ3v) is 3.62. The zero-order chi connectivity index (χ0) is 16.4. The van der Waals surface area contributed by atoms with Crippen molar-refractivity contribution in [3.05, 3.63) is 89.7 Å². The highest BCUT2D eigenvalue weighted by atomic mass is 19.1. The summed E-state index contributed by atoms with van der Waals surface area (Å²) < 4.78 is 19.1. The Hall–Kier alpha value is -3.38. The summed E-state index contributed by atoms with van der Waals surface area (Å²) in [6.45, 7) is 0. The van der Waals surface area contributed by atoms with Crippen molar-refractivity contribution in [2.24, 2.45) is 0 Å². The minimum atomic E-state index is -0.297. The molecule has 4 rings (SSSR count). The lowest BCUT2D eigenvalue weighted by Crippen LogP contribution is -1.84. The predicted molar refractivity (Wildman–Crippen MR) is 91.8 cm³/mol. The van der Waals surface area contributed by atoms with Crippen LogP contribution in [0.5, 0.6) is 0 Å². The number of halogens is 1. The quantitative estimate of drug-likeness (QED) is 0.460. The van der Waals surface area contributed by atoms with Crippen LogP contribution < -0.4 is 0 Å². The van der Waals surface area contributed by atoms with Crippen molar-refractivity contribution < 1.29 is 8.81 Å². The number of para-hydroxylation sites is 2. The van der Waals surface area contributed by atoms with Gasteiger partial charge in [-0.25, -0.2) is 9.37 Å². The summed E-state index contributed by atoms with van der Waals surface area (Å²) in [4.78, 5) is 4.52. The number of hydrogen-bond donors (Lipinski definition) is 0. The lowest BCUT2D eigenvalue weighted by molar-refractivity contribution is 0.619. The van der Waals surface area contributed by atoms with Gasteiger partial charge in [-0.15, -0.1) is 0 Å². The molecule has 0 amide bonds. The monoisotopic (exact) mass is 313 g/mol. The van der Waals surface area contributed by atoms with Crippen molar-refractivity contribution in [2.45, 2.75) is 0 Å². The third kappa shape index (κ3) is 2.78. The molecule has 0 aliphatic heterocycles. The molecule has 0 N–H and O–H groups in total. The fraction of sp³-hybridized carbons (Fsp3) is 0. The molecule has 0 saturated heterocycles. The van der Waals surface area contributed by atoms with Gasteiger partial charge < -0.3 is 4.42 Å². The molecule has 0 bridgehead atoms. The molecular formula is C21H12FNO. The van der Waals surface area contributed by atoms with Gasteiger partial charge in [0.05, 0.1) is 5.56 Å². The molecule has 114 valence electrons. The zero-order valence-electron chi connectivity index (χ0n) is 12.7. The summed E-state index contributed by atoms with van der Waals surface area (Å²) in [7, 11) is 0. The van der Waals surface area contributed by atoms with E-state index in [1.807, 2.05) is 48.5 Å². The molecule has 0 unspecified atom stereocenters. The number of oxazole rings is 1. The Kier molecular flexibility index (Phi) is 3.57. The van der Waals surface area contributed by atoms with Crippen molar-refractivity contribution in [1.82, 2.24) is 4.98 Å². The average molecular weight is 313 g/mol. The van der Waals surface area contributed by atoms with Gasteiger partial charge in [0.1, 0.15) is 11.3 Å². The number of fused-ring (bicyclic) bond motifs is 1. The second-order valence-corrected chi connectivity index (χ2v) is 5.29. The second-order valence-electron chi connectivity index (χ2n) is 5.29. The van der Waals surface area contributed by atoms with Gasteiger partial charge in [-0.2, -0.15) is 0 Å². The number of benzene rings is 3. The fourth-order valence-electron chi connectivity index (χ4n) is 2.47. The van der Waals surface area contributed by atoms with Crippen molar-refractivity contribution in [1.29, 1.82) is 0 Å². The normalized spacial score (nSPS) is 10.4. The largest absolute Gasteiger partial charge is 0.436 e. The van der Waals surface area contributed by atoms with E-state index in [1.165, 1.54) is 12.1 Å². The van der Waals surface area contributed by atoms with Gasteiger partial charge in [-0.1, -0.05) is 42.2 Å². The van der Waals surface area contributed by atoms with Crippen LogP contribution in [0.1, 0.15) is 11.1 Å². The van der Waals surface area contributed by atoms with Crippen LogP contribution in [0, 0.1) is 17.7 Å². The first-order valence-electron chi connectivity index (χ1n) is 7.52. The van der Waals surface area contributed by atoms with E-state index < -0.39 is 0 Å². The van der Waals surface area contributed by atoms with Gasteiger partial charge in [0, 0.05) is 11.1 Å². The van der Waals surface area contributed by atoms with Gasteiger partial charge in [0.2, 0.25) is 5.89 Å². The van der Waals surface area contributed by atoms with E-state index >= 15 is 0 Å². The van der Waals surface area contributed by atoms with E-state index in [0.717, 1.165) is 22.2 Å². The molecule has 0 aliphatic carbocycles. The predicted octanol–water partition coefficient (Wildman–Crippen LogP) is 5.03. The van der Waals surface area contributed by atoms with Crippen molar-refractivity contribution in [2.75, 3.05) is 0 Å². The van der Waals surface area contributed by atoms with Crippen LogP contribution in [0.25, 0.3) is 22.6 Å². The van der Waals surface area contributed by atoms with Crippen LogP contribution >= 0.6 is 0 Å².